The number of carbonyl (C=O) groups is 1. The Bertz CT molecular complexity index is 1100. The largest absolute Gasteiger partial charge is 0.494 e. The molecule has 0 radical (unpaired) electrons. The molecule has 170 valence electrons. The molecule has 7 heteroatoms. The Morgan fingerprint density at radius 1 is 1.09 bits per heavy atom. The van der Waals surface area contributed by atoms with E-state index in [0.29, 0.717) is 18.7 Å². The second kappa shape index (κ2) is 10.3. The fourth-order valence-corrected chi connectivity index (χ4v) is 3.91. The lowest BCUT2D eigenvalue weighted by Crippen LogP contribution is -2.49. The summed E-state index contributed by atoms with van der Waals surface area (Å²) in [5.74, 6) is 0.743. The molecule has 0 saturated carbocycles. The molecule has 0 aliphatic rings. The topological polar surface area (TPSA) is 78.5 Å². The summed E-state index contributed by atoms with van der Waals surface area (Å²) < 4.78 is 5.60. The minimum atomic E-state index is -0.203. The van der Waals surface area contributed by atoms with Crippen LogP contribution >= 0.6 is 0 Å². The van der Waals surface area contributed by atoms with Crippen LogP contribution in [0.2, 0.25) is 0 Å². The van der Waals surface area contributed by atoms with Gasteiger partial charge in [0.2, 0.25) is 0 Å². The molecule has 3 rings (SSSR count). The van der Waals surface area contributed by atoms with E-state index in [9.17, 15) is 9.59 Å². The number of H-pyrrole nitrogens is 1. The maximum Gasteiger partial charge on any atom is 0.321 e. The van der Waals surface area contributed by atoms with Gasteiger partial charge in [0.1, 0.15) is 5.75 Å². The maximum atomic E-state index is 13.5. The van der Waals surface area contributed by atoms with Crippen LogP contribution in [-0.4, -0.2) is 44.5 Å². The predicted octanol–water partition coefficient (Wildman–Crippen LogP) is 4.56. The molecular weight excluding hydrogens is 404 g/mol. The number of aromatic amines is 1. The van der Waals surface area contributed by atoms with Crippen LogP contribution in [0.25, 0.3) is 10.9 Å². The third-order valence-corrected chi connectivity index (χ3v) is 5.27. The van der Waals surface area contributed by atoms with E-state index in [-0.39, 0.29) is 30.2 Å². The zero-order valence-corrected chi connectivity index (χ0v) is 19.5. The molecule has 0 unspecified atom stereocenters. The standard InChI is InChI=1S/C25H32N4O3/c1-6-32-22-9-10-23-20(13-22)12-21(24(30)27-23)16-28(15-19-8-7-11-26-14-19)25(31)29(17(2)3)18(4)5/h7-14,17-18H,6,15-16H2,1-5H3,(H,27,30). The van der Waals surface area contributed by atoms with Crippen LogP contribution in [0.1, 0.15) is 45.7 Å². The summed E-state index contributed by atoms with van der Waals surface area (Å²) in [6, 6.07) is 11.1. The van der Waals surface area contributed by atoms with Crippen LogP contribution in [0.15, 0.2) is 53.6 Å². The van der Waals surface area contributed by atoms with Gasteiger partial charge in [-0.3, -0.25) is 9.78 Å². The van der Waals surface area contributed by atoms with Gasteiger partial charge in [-0.25, -0.2) is 4.79 Å². The van der Waals surface area contributed by atoms with Gasteiger partial charge >= 0.3 is 6.03 Å². The smallest absolute Gasteiger partial charge is 0.321 e. The van der Waals surface area contributed by atoms with E-state index < -0.39 is 0 Å². The van der Waals surface area contributed by atoms with Crippen molar-refractivity contribution in [2.45, 2.75) is 59.8 Å². The highest BCUT2D eigenvalue weighted by atomic mass is 16.5. The molecule has 0 saturated heterocycles. The SMILES string of the molecule is CCOc1ccc2[nH]c(=O)c(CN(Cc3cccnc3)C(=O)N(C(C)C)C(C)C)cc2c1. The first kappa shape index (κ1) is 23.3. The molecule has 0 atom stereocenters. The first-order chi connectivity index (χ1) is 15.3. The minimum absolute atomic E-state index is 0.0301. The number of hydrogen-bond acceptors (Lipinski definition) is 4. The summed E-state index contributed by atoms with van der Waals surface area (Å²) in [4.78, 5) is 37.0. The summed E-state index contributed by atoms with van der Waals surface area (Å²) in [5, 5.41) is 0.865. The first-order valence-electron chi connectivity index (χ1n) is 11.0. The number of aromatic nitrogens is 2. The quantitative estimate of drug-likeness (QED) is 0.561. The molecule has 0 fully saturated rings. The van der Waals surface area contributed by atoms with Crippen molar-refractivity contribution in [3.63, 3.8) is 0 Å². The van der Waals surface area contributed by atoms with Crippen molar-refractivity contribution < 1.29 is 9.53 Å². The second-order valence-electron chi connectivity index (χ2n) is 8.40. The van der Waals surface area contributed by atoms with Crippen LogP contribution < -0.4 is 10.3 Å². The van der Waals surface area contributed by atoms with Gasteiger partial charge in [0.05, 0.1) is 13.2 Å². The van der Waals surface area contributed by atoms with E-state index in [1.807, 2.05) is 75.9 Å². The van der Waals surface area contributed by atoms with E-state index in [0.717, 1.165) is 22.2 Å². The van der Waals surface area contributed by atoms with Gasteiger partial charge in [0, 0.05) is 47.5 Å². The molecule has 3 aromatic rings. The molecule has 1 N–H and O–H groups in total. The third-order valence-electron chi connectivity index (χ3n) is 5.27. The summed E-state index contributed by atoms with van der Waals surface area (Å²) in [7, 11) is 0. The number of fused-ring (bicyclic) bond motifs is 1. The zero-order valence-electron chi connectivity index (χ0n) is 19.5. The number of rotatable bonds is 8. The normalized spacial score (nSPS) is 11.2. The Hall–Kier alpha value is -3.35. The Balaban J connectivity index is 1.99. The molecule has 32 heavy (non-hydrogen) atoms. The molecule has 2 heterocycles. The second-order valence-corrected chi connectivity index (χ2v) is 8.40. The van der Waals surface area contributed by atoms with Crippen LogP contribution in [0.5, 0.6) is 5.75 Å². The summed E-state index contributed by atoms with van der Waals surface area (Å²) in [6.45, 7) is 11.0. The minimum Gasteiger partial charge on any atom is -0.494 e. The van der Waals surface area contributed by atoms with Gasteiger partial charge in [-0.1, -0.05) is 6.07 Å². The first-order valence-corrected chi connectivity index (χ1v) is 11.0. The number of amides is 2. The number of carbonyl (C=O) groups excluding carboxylic acids is 1. The van der Waals surface area contributed by atoms with Gasteiger partial charge < -0.3 is 19.5 Å². The Kier molecular flexibility index (Phi) is 7.51. The lowest BCUT2D eigenvalue weighted by molar-refractivity contribution is 0.119. The van der Waals surface area contributed by atoms with Crippen LogP contribution in [0, 0.1) is 0 Å². The van der Waals surface area contributed by atoms with E-state index in [2.05, 4.69) is 9.97 Å². The van der Waals surface area contributed by atoms with Gasteiger partial charge in [0.15, 0.2) is 0 Å². The van der Waals surface area contributed by atoms with Gasteiger partial charge in [-0.2, -0.15) is 0 Å². The lowest BCUT2D eigenvalue weighted by Gasteiger charge is -2.36. The molecular formula is C25H32N4O3. The van der Waals surface area contributed by atoms with Gasteiger partial charge in [-0.05, 0) is 70.5 Å². The maximum absolute atomic E-state index is 13.5. The van der Waals surface area contributed by atoms with Crippen molar-refractivity contribution in [2.75, 3.05) is 6.61 Å². The van der Waals surface area contributed by atoms with Gasteiger partial charge in [-0.15, -0.1) is 0 Å². The Morgan fingerprint density at radius 2 is 1.84 bits per heavy atom. The summed E-state index contributed by atoms with van der Waals surface area (Å²) in [6.07, 6.45) is 3.45. The van der Waals surface area contributed by atoms with Gasteiger partial charge in [0.25, 0.3) is 5.56 Å². The molecule has 2 amide bonds. The van der Waals surface area contributed by atoms with Crippen molar-refractivity contribution in [1.29, 1.82) is 0 Å². The van der Waals surface area contributed by atoms with E-state index in [1.54, 1.807) is 17.3 Å². The number of nitrogens with zero attached hydrogens (tertiary/aromatic N) is 3. The van der Waals surface area contributed by atoms with Crippen LogP contribution in [0.4, 0.5) is 4.79 Å². The molecule has 2 aromatic heterocycles. The van der Waals surface area contributed by atoms with Crippen molar-refractivity contribution in [1.82, 2.24) is 19.8 Å². The molecule has 7 nitrogen and oxygen atoms in total. The van der Waals surface area contributed by atoms with E-state index in [4.69, 9.17) is 4.74 Å². The number of pyridine rings is 2. The Morgan fingerprint density at radius 3 is 2.47 bits per heavy atom. The van der Waals surface area contributed by atoms with Crippen LogP contribution in [0.3, 0.4) is 0 Å². The third kappa shape index (κ3) is 5.46. The Labute approximate surface area is 189 Å². The average Bonchev–Trinajstić information content (AvgIpc) is 2.74. The van der Waals surface area contributed by atoms with Crippen LogP contribution in [-0.2, 0) is 13.1 Å². The highest BCUT2D eigenvalue weighted by Gasteiger charge is 2.26. The van der Waals surface area contributed by atoms with E-state index >= 15 is 0 Å². The van der Waals surface area contributed by atoms with Crippen molar-refractivity contribution in [3.8, 4) is 5.75 Å². The van der Waals surface area contributed by atoms with E-state index in [1.165, 1.54) is 0 Å². The summed E-state index contributed by atoms with van der Waals surface area (Å²) in [5.41, 5.74) is 1.96. The number of nitrogens with one attached hydrogen (secondary N) is 1. The van der Waals surface area contributed by atoms with Crippen molar-refractivity contribution >= 4 is 16.9 Å². The fraction of sp³-hybridized carbons (Fsp3) is 0.400. The molecule has 0 spiro atoms. The fourth-order valence-electron chi connectivity index (χ4n) is 3.91. The molecule has 1 aromatic carbocycles. The number of hydrogen-bond donors (Lipinski definition) is 1. The molecule has 0 aliphatic carbocycles. The highest BCUT2D eigenvalue weighted by Crippen LogP contribution is 2.21. The molecule has 0 aliphatic heterocycles. The molecule has 0 bridgehead atoms. The number of ether oxygens (including phenoxy) is 1. The predicted molar refractivity (Wildman–Crippen MR) is 127 cm³/mol. The van der Waals surface area contributed by atoms with Crippen molar-refractivity contribution in [2.24, 2.45) is 0 Å². The highest BCUT2D eigenvalue weighted by molar-refractivity contribution is 5.81. The summed E-state index contributed by atoms with van der Waals surface area (Å²) >= 11 is 0. The number of urea groups is 1. The monoisotopic (exact) mass is 436 g/mol. The average molecular weight is 437 g/mol. The lowest BCUT2D eigenvalue weighted by atomic mass is 10.1. The number of benzene rings is 1. The zero-order chi connectivity index (χ0) is 23.3. The van der Waals surface area contributed by atoms with Crippen molar-refractivity contribution in [3.05, 3.63) is 70.3 Å².